The third kappa shape index (κ3) is 5.61. The van der Waals surface area contributed by atoms with E-state index in [0.717, 1.165) is 22.3 Å². The summed E-state index contributed by atoms with van der Waals surface area (Å²) in [5.41, 5.74) is 3.53. The highest BCUT2D eigenvalue weighted by atomic mass is 32.2. The maximum absolute atomic E-state index is 12.1. The molecule has 0 aliphatic rings. The number of carbonyl (C=O) groups is 1. The second-order valence-corrected chi connectivity index (χ2v) is 7.62. The molecule has 2 aromatic rings. The number of hydrogen-bond acceptors (Lipinski definition) is 6. The Morgan fingerprint density at radius 2 is 1.85 bits per heavy atom. The average Bonchev–Trinajstić information content (AvgIpc) is 2.60. The molecular formula is C17H18N4O5S. The highest BCUT2D eigenvalue weighted by Gasteiger charge is 2.20. The fourth-order valence-electron chi connectivity index (χ4n) is 2.21. The third-order valence-electron chi connectivity index (χ3n) is 3.54. The fraction of sp³-hybridized carbons (Fsp3) is 0.176. The number of carbonyl (C=O) groups excluding carboxylic acids is 1. The predicted octanol–water partition coefficient (Wildman–Crippen LogP) is 1.82. The molecule has 0 heterocycles. The van der Waals surface area contributed by atoms with Gasteiger partial charge in [0.2, 0.25) is 10.0 Å². The molecule has 0 radical (unpaired) electrons. The van der Waals surface area contributed by atoms with Crippen LogP contribution < -0.4 is 9.73 Å². The highest BCUT2D eigenvalue weighted by Crippen LogP contribution is 2.18. The summed E-state index contributed by atoms with van der Waals surface area (Å²) in [6.07, 6.45) is 2.13. The molecule has 0 aliphatic heterocycles. The van der Waals surface area contributed by atoms with E-state index in [-0.39, 0.29) is 11.3 Å². The first-order chi connectivity index (χ1) is 12.7. The highest BCUT2D eigenvalue weighted by molar-refractivity contribution is 7.92. The maximum atomic E-state index is 12.1. The van der Waals surface area contributed by atoms with Crippen LogP contribution in [0, 0.1) is 17.0 Å². The first-order valence-electron chi connectivity index (χ1n) is 7.78. The van der Waals surface area contributed by atoms with Crippen LogP contribution in [0.3, 0.4) is 0 Å². The van der Waals surface area contributed by atoms with Crippen molar-refractivity contribution in [2.45, 2.75) is 6.92 Å². The van der Waals surface area contributed by atoms with Crippen LogP contribution in [0.4, 0.5) is 11.4 Å². The average molecular weight is 390 g/mol. The van der Waals surface area contributed by atoms with Gasteiger partial charge in [0, 0.05) is 6.07 Å². The van der Waals surface area contributed by atoms with E-state index in [4.69, 9.17) is 0 Å². The topological polar surface area (TPSA) is 122 Å². The van der Waals surface area contributed by atoms with Gasteiger partial charge in [-0.1, -0.05) is 29.8 Å². The predicted molar refractivity (Wildman–Crippen MR) is 102 cm³/mol. The number of aryl methyl sites for hydroxylation is 1. The molecule has 0 saturated heterocycles. The number of hydrogen-bond donors (Lipinski definition) is 1. The van der Waals surface area contributed by atoms with E-state index in [1.165, 1.54) is 18.2 Å². The number of anilines is 1. The minimum Gasteiger partial charge on any atom is -0.271 e. The molecule has 2 rings (SSSR count). The smallest absolute Gasteiger partial charge is 0.271 e. The zero-order valence-corrected chi connectivity index (χ0v) is 15.5. The Morgan fingerprint density at radius 3 is 2.44 bits per heavy atom. The largest absolute Gasteiger partial charge is 0.278 e. The lowest BCUT2D eigenvalue weighted by atomic mass is 10.2. The van der Waals surface area contributed by atoms with Crippen molar-refractivity contribution >= 4 is 33.5 Å². The van der Waals surface area contributed by atoms with Crippen LogP contribution in [0.15, 0.2) is 53.6 Å². The summed E-state index contributed by atoms with van der Waals surface area (Å²) < 4.78 is 24.9. The van der Waals surface area contributed by atoms with Crippen molar-refractivity contribution in [1.82, 2.24) is 5.43 Å². The van der Waals surface area contributed by atoms with E-state index in [9.17, 15) is 23.3 Å². The zero-order valence-electron chi connectivity index (χ0n) is 14.7. The van der Waals surface area contributed by atoms with Crippen LogP contribution in [0.5, 0.6) is 0 Å². The summed E-state index contributed by atoms with van der Waals surface area (Å²) in [7, 11) is -3.69. The van der Waals surface area contributed by atoms with Crippen molar-refractivity contribution in [2.24, 2.45) is 5.10 Å². The number of nitro groups is 1. The lowest BCUT2D eigenvalue weighted by Gasteiger charge is -2.21. The van der Waals surface area contributed by atoms with Crippen molar-refractivity contribution in [3.05, 3.63) is 69.8 Å². The summed E-state index contributed by atoms with van der Waals surface area (Å²) in [6, 6.07) is 12.6. The maximum Gasteiger partial charge on any atom is 0.278 e. The Bertz CT molecular complexity index is 971. The van der Waals surface area contributed by atoms with Gasteiger partial charge in [-0.3, -0.25) is 19.2 Å². The van der Waals surface area contributed by atoms with Crippen LogP contribution in [-0.4, -0.2) is 38.3 Å². The van der Waals surface area contributed by atoms with Crippen LogP contribution >= 0.6 is 0 Å². The normalized spacial score (nSPS) is 11.3. The summed E-state index contributed by atoms with van der Waals surface area (Å²) >= 11 is 0. The molecule has 0 unspecified atom stereocenters. The number of hydrazone groups is 1. The van der Waals surface area contributed by atoms with Crippen molar-refractivity contribution < 1.29 is 18.1 Å². The zero-order chi connectivity index (χ0) is 20.0. The quantitative estimate of drug-likeness (QED) is 0.439. The van der Waals surface area contributed by atoms with Gasteiger partial charge in [-0.05, 0) is 25.1 Å². The number of sulfonamides is 1. The number of amides is 1. The molecule has 0 fully saturated rings. The van der Waals surface area contributed by atoms with E-state index >= 15 is 0 Å². The number of nitrogens with one attached hydrogen (secondary N) is 1. The van der Waals surface area contributed by atoms with E-state index < -0.39 is 27.4 Å². The molecule has 0 saturated carbocycles. The number of nitro benzene ring substituents is 1. The van der Waals surface area contributed by atoms with E-state index in [2.05, 4.69) is 10.5 Å². The van der Waals surface area contributed by atoms with Gasteiger partial charge < -0.3 is 0 Å². The molecule has 27 heavy (non-hydrogen) atoms. The molecule has 0 atom stereocenters. The standard InChI is InChI=1S/C17H18N4O5S/c1-13-7-9-15(10-8-13)20(27(2,25)26)12-17(22)19-18-11-14-5-3-4-6-16(14)21(23)24/h3-11H,12H2,1-2H3,(H,19,22)/b18-11+. The molecular weight excluding hydrogens is 372 g/mol. The van der Waals surface area contributed by atoms with E-state index in [0.29, 0.717) is 5.69 Å². The molecule has 0 aromatic heterocycles. The number of rotatable bonds is 7. The van der Waals surface area contributed by atoms with Crippen LogP contribution in [0.1, 0.15) is 11.1 Å². The first kappa shape index (κ1) is 20.0. The van der Waals surface area contributed by atoms with E-state index in [1.54, 1.807) is 30.3 Å². The lowest BCUT2D eigenvalue weighted by molar-refractivity contribution is -0.385. The van der Waals surface area contributed by atoms with Crippen molar-refractivity contribution in [3.63, 3.8) is 0 Å². The number of benzene rings is 2. The lowest BCUT2D eigenvalue weighted by Crippen LogP contribution is -2.39. The summed E-state index contributed by atoms with van der Waals surface area (Å²) in [4.78, 5) is 22.5. The van der Waals surface area contributed by atoms with Crippen LogP contribution in [-0.2, 0) is 14.8 Å². The molecule has 0 aliphatic carbocycles. The summed E-state index contributed by atoms with van der Waals surface area (Å²) in [6.45, 7) is 1.38. The van der Waals surface area contributed by atoms with Gasteiger partial charge in [0.1, 0.15) is 6.54 Å². The first-order valence-corrected chi connectivity index (χ1v) is 9.63. The number of nitrogens with zero attached hydrogens (tertiary/aromatic N) is 3. The molecule has 1 N–H and O–H groups in total. The van der Waals surface area contributed by atoms with Crippen LogP contribution in [0.25, 0.3) is 0 Å². The fourth-order valence-corrected chi connectivity index (χ4v) is 3.07. The van der Waals surface area contributed by atoms with Gasteiger partial charge in [0.15, 0.2) is 0 Å². The van der Waals surface area contributed by atoms with Gasteiger partial charge >= 0.3 is 0 Å². The Balaban J connectivity index is 2.11. The van der Waals surface area contributed by atoms with Crippen molar-refractivity contribution in [1.29, 1.82) is 0 Å². The molecule has 0 spiro atoms. The SMILES string of the molecule is Cc1ccc(N(CC(=O)N/N=C/c2ccccc2[N+](=O)[O-])S(C)(=O)=O)cc1. The molecule has 2 aromatic carbocycles. The minimum absolute atomic E-state index is 0.159. The van der Waals surface area contributed by atoms with Crippen LogP contribution in [0.2, 0.25) is 0 Å². The Hall–Kier alpha value is -3.27. The molecule has 10 heteroatoms. The van der Waals surface area contributed by atoms with Gasteiger partial charge in [-0.2, -0.15) is 5.10 Å². The molecule has 0 bridgehead atoms. The second-order valence-electron chi connectivity index (χ2n) is 5.71. The second kappa shape index (κ2) is 8.41. The summed E-state index contributed by atoms with van der Waals surface area (Å²) in [5, 5.41) is 14.6. The van der Waals surface area contributed by atoms with Crippen molar-refractivity contribution in [3.8, 4) is 0 Å². The Kier molecular flexibility index (Phi) is 6.24. The van der Waals surface area contributed by atoms with Gasteiger partial charge in [-0.25, -0.2) is 13.8 Å². The molecule has 142 valence electrons. The van der Waals surface area contributed by atoms with Gasteiger partial charge in [0.25, 0.3) is 11.6 Å². The molecule has 9 nitrogen and oxygen atoms in total. The van der Waals surface area contributed by atoms with Gasteiger partial charge in [0.05, 0.1) is 28.6 Å². The van der Waals surface area contributed by atoms with E-state index in [1.807, 2.05) is 6.92 Å². The number of para-hydroxylation sites is 1. The Morgan fingerprint density at radius 1 is 1.22 bits per heavy atom. The minimum atomic E-state index is -3.69. The Labute approximate surface area is 156 Å². The van der Waals surface area contributed by atoms with Gasteiger partial charge in [-0.15, -0.1) is 0 Å². The monoisotopic (exact) mass is 390 g/mol. The third-order valence-corrected chi connectivity index (χ3v) is 4.68. The van der Waals surface area contributed by atoms with Crippen molar-refractivity contribution in [2.75, 3.05) is 17.1 Å². The molecule has 1 amide bonds. The summed E-state index contributed by atoms with van der Waals surface area (Å²) in [5.74, 6) is -0.684.